The van der Waals surface area contributed by atoms with Crippen LogP contribution in [0, 0.1) is 0 Å². The minimum Gasteiger partial charge on any atom is -0.497 e. The van der Waals surface area contributed by atoms with Gasteiger partial charge in [0.25, 0.3) is 0 Å². The molecule has 1 aliphatic rings. The fraction of sp³-hybridized carbons (Fsp3) is 0.333. The van der Waals surface area contributed by atoms with Crippen molar-refractivity contribution in [1.82, 2.24) is 0 Å². The number of rotatable bonds is 2. The van der Waals surface area contributed by atoms with Crippen molar-refractivity contribution in [2.24, 2.45) is 0 Å². The summed E-state index contributed by atoms with van der Waals surface area (Å²) in [4.78, 5) is 22.6. The van der Waals surface area contributed by atoms with E-state index >= 15 is 0 Å². The monoisotopic (exact) mass is 274 g/mol. The number of hydrogen-bond donors (Lipinski definition) is 0. The third-order valence-corrected chi connectivity index (χ3v) is 2.79. The van der Waals surface area contributed by atoms with Gasteiger partial charge in [0.05, 0.1) is 19.4 Å². The van der Waals surface area contributed by atoms with Crippen LogP contribution < -0.4 is 9.47 Å². The minimum absolute atomic E-state index is 0.0442. The molecule has 0 spiro atoms. The van der Waals surface area contributed by atoms with Gasteiger partial charge in [-0.05, 0) is 6.07 Å². The van der Waals surface area contributed by atoms with Crippen LogP contribution >= 0.6 is 0 Å². The van der Waals surface area contributed by atoms with Crippen LogP contribution in [0.15, 0.2) is 18.2 Å². The molecule has 4 nitrogen and oxygen atoms in total. The van der Waals surface area contributed by atoms with Crippen LogP contribution in [0.3, 0.4) is 0 Å². The average molecular weight is 274 g/mol. The molecule has 0 unspecified atom stereocenters. The summed E-state index contributed by atoms with van der Waals surface area (Å²) in [6.45, 7) is 0. The summed E-state index contributed by atoms with van der Waals surface area (Å²) in [5.41, 5.74) is 0.0442. The Kier molecular flexibility index (Phi) is 3.21. The molecule has 0 N–H and O–H groups in total. The molecule has 1 aromatic carbocycles. The van der Waals surface area contributed by atoms with Crippen LogP contribution in [0.2, 0.25) is 0 Å². The molecule has 0 fully saturated rings. The number of esters is 1. The quantitative estimate of drug-likeness (QED) is 0.613. The zero-order valence-corrected chi connectivity index (χ0v) is 9.78. The van der Waals surface area contributed by atoms with E-state index in [1.165, 1.54) is 25.3 Å². The molecule has 1 atom stereocenters. The lowest BCUT2D eigenvalue weighted by molar-refractivity contribution is -0.174. The van der Waals surface area contributed by atoms with Crippen molar-refractivity contribution < 1.29 is 32.2 Å². The van der Waals surface area contributed by atoms with Gasteiger partial charge in [-0.15, -0.1) is 0 Å². The molecular formula is C12H9F3O4. The van der Waals surface area contributed by atoms with E-state index in [1.807, 2.05) is 0 Å². The Bertz CT molecular complexity index is 536. The lowest BCUT2D eigenvalue weighted by atomic mass is 9.88. The predicted molar refractivity (Wildman–Crippen MR) is 57.0 cm³/mol. The second kappa shape index (κ2) is 4.56. The average Bonchev–Trinajstić information content (AvgIpc) is 2.34. The zero-order valence-electron chi connectivity index (χ0n) is 9.78. The Morgan fingerprint density at radius 3 is 2.68 bits per heavy atom. The number of ether oxygens (including phenoxy) is 2. The van der Waals surface area contributed by atoms with E-state index in [4.69, 9.17) is 9.47 Å². The largest absolute Gasteiger partial charge is 0.497 e. The predicted octanol–water partition coefficient (Wildman–Crippen LogP) is 2.22. The topological polar surface area (TPSA) is 52.6 Å². The van der Waals surface area contributed by atoms with Gasteiger partial charge in [0.15, 0.2) is 0 Å². The molecule has 0 saturated heterocycles. The molecule has 19 heavy (non-hydrogen) atoms. The van der Waals surface area contributed by atoms with Gasteiger partial charge in [-0.3, -0.25) is 9.59 Å². The first-order valence-electron chi connectivity index (χ1n) is 5.32. The lowest BCUT2D eigenvalue weighted by Gasteiger charge is -2.24. The maximum Gasteiger partial charge on any atom is 0.450 e. The highest BCUT2D eigenvalue weighted by Crippen LogP contribution is 2.40. The first-order chi connectivity index (χ1) is 8.82. The molecule has 0 radical (unpaired) electrons. The Labute approximate surface area is 106 Å². The van der Waals surface area contributed by atoms with E-state index in [0.717, 1.165) is 0 Å². The van der Waals surface area contributed by atoms with Crippen LogP contribution in [-0.2, 0) is 9.59 Å². The molecule has 0 bridgehead atoms. The van der Waals surface area contributed by atoms with Gasteiger partial charge < -0.3 is 9.47 Å². The van der Waals surface area contributed by atoms with Crippen LogP contribution in [0.4, 0.5) is 13.2 Å². The molecule has 7 heteroatoms. The summed E-state index contributed by atoms with van der Waals surface area (Å²) < 4.78 is 47.1. The number of benzene rings is 1. The van der Waals surface area contributed by atoms with Gasteiger partial charge >= 0.3 is 12.1 Å². The smallest absolute Gasteiger partial charge is 0.450 e. The van der Waals surface area contributed by atoms with Crippen LogP contribution in [0.1, 0.15) is 17.9 Å². The summed E-state index contributed by atoms with van der Waals surface area (Å²) in [5, 5.41) is 0. The van der Waals surface area contributed by atoms with Gasteiger partial charge in [0.2, 0.25) is 5.78 Å². The highest BCUT2D eigenvalue weighted by atomic mass is 19.4. The van der Waals surface area contributed by atoms with Crippen molar-refractivity contribution in [3.05, 3.63) is 23.8 Å². The standard InChI is InChI=1S/C12H9F3O4/c1-18-6-2-3-7-8(11(17)12(13,14)15)5-10(16)19-9(7)4-6/h2-4,8H,5H2,1H3/t8-/m0/s1. The van der Waals surface area contributed by atoms with Gasteiger partial charge in [0, 0.05) is 11.6 Å². The summed E-state index contributed by atoms with van der Waals surface area (Å²) in [6, 6.07) is 3.99. The summed E-state index contributed by atoms with van der Waals surface area (Å²) in [5.74, 6) is -4.12. The molecule has 1 aromatic rings. The number of methoxy groups -OCH3 is 1. The lowest BCUT2D eigenvalue weighted by Crippen LogP contribution is -2.34. The first-order valence-corrected chi connectivity index (χ1v) is 5.32. The number of alkyl halides is 3. The molecule has 2 rings (SSSR count). The van der Waals surface area contributed by atoms with Crippen LogP contribution in [0.5, 0.6) is 11.5 Å². The van der Waals surface area contributed by atoms with Crippen molar-refractivity contribution >= 4 is 11.8 Å². The first kappa shape index (κ1) is 13.4. The van der Waals surface area contributed by atoms with Crippen LogP contribution in [0.25, 0.3) is 0 Å². The van der Waals surface area contributed by atoms with E-state index in [0.29, 0.717) is 5.75 Å². The summed E-state index contributed by atoms with van der Waals surface area (Å²) >= 11 is 0. The summed E-state index contributed by atoms with van der Waals surface area (Å²) in [6.07, 6.45) is -5.60. The maximum atomic E-state index is 12.5. The molecule has 0 aromatic heterocycles. The van der Waals surface area contributed by atoms with E-state index in [9.17, 15) is 22.8 Å². The van der Waals surface area contributed by atoms with Gasteiger partial charge in [-0.25, -0.2) is 0 Å². The van der Waals surface area contributed by atoms with E-state index in [2.05, 4.69) is 0 Å². The SMILES string of the molecule is COc1ccc2c(c1)OC(=O)C[C@@H]2C(=O)C(F)(F)F. The Balaban J connectivity index is 2.45. The van der Waals surface area contributed by atoms with E-state index < -0.39 is 30.3 Å². The van der Waals surface area contributed by atoms with Crippen molar-refractivity contribution in [1.29, 1.82) is 0 Å². The Morgan fingerprint density at radius 1 is 1.42 bits per heavy atom. The van der Waals surface area contributed by atoms with Gasteiger partial charge in [0.1, 0.15) is 11.5 Å². The van der Waals surface area contributed by atoms with E-state index in [1.54, 1.807) is 0 Å². The fourth-order valence-corrected chi connectivity index (χ4v) is 1.89. The van der Waals surface area contributed by atoms with Crippen molar-refractivity contribution in [2.45, 2.75) is 18.5 Å². The highest BCUT2D eigenvalue weighted by Gasteiger charge is 2.47. The molecular weight excluding hydrogens is 265 g/mol. The normalized spacial score (nSPS) is 18.5. The second-order valence-electron chi connectivity index (χ2n) is 4.00. The number of carbonyl (C=O) groups is 2. The van der Waals surface area contributed by atoms with Crippen molar-refractivity contribution in [3.63, 3.8) is 0 Å². The second-order valence-corrected chi connectivity index (χ2v) is 4.00. The molecule has 0 aliphatic carbocycles. The number of halogens is 3. The Morgan fingerprint density at radius 2 is 2.11 bits per heavy atom. The highest BCUT2D eigenvalue weighted by molar-refractivity contribution is 5.96. The number of ketones is 1. The van der Waals surface area contributed by atoms with Crippen LogP contribution in [-0.4, -0.2) is 25.0 Å². The van der Waals surface area contributed by atoms with Crippen molar-refractivity contribution in [2.75, 3.05) is 7.11 Å². The van der Waals surface area contributed by atoms with Crippen molar-refractivity contribution in [3.8, 4) is 11.5 Å². The van der Waals surface area contributed by atoms with Gasteiger partial charge in [-0.1, -0.05) is 6.07 Å². The number of Topliss-reactive ketones (excluding diaryl/α,β-unsaturated/α-hetero) is 1. The van der Waals surface area contributed by atoms with Gasteiger partial charge in [-0.2, -0.15) is 13.2 Å². The molecule has 0 amide bonds. The number of fused-ring (bicyclic) bond motifs is 1. The number of hydrogen-bond acceptors (Lipinski definition) is 4. The molecule has 0 saturated carbocycles. The number of carbonyl (C=O) groups excluding carboxylic acids is 2. The maximum absolute atomic E-state index is 12.5. The zero-order chi connectivity index (χ0) is 14.2. The Hall–Kier alpha value is -2.05. The third-order valence-electron chi connectivity index (χ3n) is 2.79. The molecule has 1 aliphatic heterocycles. The molecule has 102 valence electrons. The summed E-state index contributed by atoms with van der Waals surface area (Å²) in [7, 11) is 1.37. The van der Waals surface area contributed by atoms with E-state index in [-0.39, 0.29) is 11.3 Å². The third kappa shape index (κ3) is 2.54. The minimum atomic E-state index is -4.99. The fourth-order valence-electron chi connectivity index (χ4n) is 1.89. The molecule has 1 heterocycles.